The third-order valence-corrected chi connectivity index (χ3v) is 1.84. The lowest BCUT2D eigenvalue weighted by Crippen LogP contribution is -2.01. The van der Waals surface area contributed by atoms with Gasteiger partial charge in [-0.1, -0.05) is 5.16 Å². The summed E-state index contributed by atoms with van der Waals surface area (Å²) in [5.74, 6) is 0. The first-order valence-electron chi connectivity index (χ1n) is 4.17. The second kappa shape index (κ2) is 4.03. The zero-order chi connectivity index (χ0) is 9.84. The first-order chi connectivity index (χ1) is 6.15. The molecule has 0 unspecified atom stereocenters. The number of nitrogens with zero attached hydrogens (tertiary/aromatic N) is 2. The quantitative estimate of drug-likeness (QED) is 0.513. The smallest absolute Gasteiger partial charge is 0.106 e. The van der Waals surface area contributed by atoms with Crippen molar-refractivity contribution in [1.29, 1.82) is 0 Å². The molecule has 0 N–H and O–H groups in total. The highest BCUT2D eigenvalue weighted by molar-refractivity contribution is 5.99. The first-order valence-corrected chi connectivity index (χ1v) is 4.17. The minimum atomic E-state index is 0.854. The van der Waals surface area contributed by atoms with Crippen molar-refractivity contribution >= 4 is 5.71 Å². The van der Waals surface area contributed by atoms with Gasteiger partial charge >= 0.3 is 0 Å². The van der Waals surface area contributed by atoms with Crippen LogP contribution in [0.15, 0.2) is 17.3 Å². The van der Waals surface area contributed by atoms with Gasteiger partial charge in [-0.3, -0.25) is 4.98 Å². The Morgan fingerprint density at radius 2 is 2.08 bits per heavy atom. The van der Waals surface area contributed by atoms with E-state index in [1.54, 1.807) is 7.11 Å². The molecule has 0 amide bonds. The minimum Gasteiger partial charge on any atom is -0.399 e. The molecule has 0 aliphatic heterocycles. The van der Waals surface area contributed by atoms with Gasteiger partial charge in [0.15, 0.2) is 0 Å². The summed E-state index contributed by atoms with van der Waals surface area (Å²) in [6.45, 7) is 5.85. The van der Waals surface area contributed by atoms with E-state index in [2.05, 4.69) is 10.1 Å². The van der Waals surface area contributed by atoms with Gasteiger partial charge in [-0.2, -0.15) is 0 Å². The average Bonchev–Trinajstić information content (AvgIpc) is 2.04. The molecule has 13 heavy (non-hydrogen) atoms. The van der Waals surface area contributed by atoms with Gasteiger partial charge < -0.3 is 4.84 Å². The van der Waals surface area contributed by atoms with Gasteiger partial charge in [0.25, 0.3) is 0 Å². The predicted molar refractivity (Wildman–Crippen MR) is 52.9 cm³/mol. The van der Waals surface area contributed by atoms with Crippen molar-refractivity contribution < 1.29 is 4.84 Å². The zero-order valence-electron chi connectivity index (χ0n) is 8.46. The van der Waals surface area contributed by atoms with E-state index in [1.165, 1.54) is 0 Å². The van der Waals surface area contributed by atoms with Crippen LogP contribution in [0, 0.1) is 13.8 Å². The average molecular weight is 178 g/mol. The second-order valence-corrected chi connectivity index (χ2v) is 2.94. The van der Waals surface area contributed by atoms with Crippen LogP contribution in [0.2, 0.25) is 0 Å². The molecule has 0 saturated carbocycles. The second-order valence-electron chi connectivity index (χ2n) is 2.94. The topological polar surface area (TPSA) is 34.5 Å². The van der Waals surface area contributed by atoms with Crippen LogP contribution in [0.4, 0.5) is 0 Å². The first kappa shape index (κ1) is 9.71. The van der Waals surface area contributed by atoms with Crippen molar-refractivity contribution in [2.24, 2.45) is 5.16 Å². The number of hydrogen-bond donors (Lipinski definition) is 0. The summed E-state index contributed by atoms with van der Waals surface area (Å²) in [5, 5.41) is 3.86. The Hall–Kier alpha value is -1.38. The number of aryl methyl sites for hydroxylation is 2. The largest absolute Gasteiger partial charge is 0.399 e. The van der Waals surface area contributed by atoms with Gasteiger partial charge in [-0.05, 0) is 32.9 Å². The lowest BCUT2D eigenvalue weighted by molar-refractivity contribution is 0.213. The van der Waals surface area contributed by atoms with Crippen molar-refractivity contribution in [3.05, 3.63) is 29.1 Å². The molecule has 0 radical (unpaired) electrons. The maximum atomic E-state index is 4.70. The van der Waals surface area contributed by atoms with Crippen molar-refractivity contribution in [2.75, 3.05) is 7.11 Å². The highest BCUT2D eigenvalue weighted by Crippen LogP contribution is 2.07. The molecule has 0 fully saturated rings. The van der Waals surface area contributed by atoms with Gasteiger partial charge in [0.2, 0.25) is 0 Å². The molecule has 0 bridgehead atoms. The number of aromatic nitrogens is 1. The lowest BCUT2D eigenvalue weighted by atomic mass is 10.1. The van der Waals surface area contributed by atoms with Crippen LogP contribution >= 0.6 is 0 Å². The summed E-state index contributed by atoms with van der Waals surface area (Å²) in [6, 6.07) is 3.98. The van der Waals surface area contributed by atoms with E-state index < -0.39 is 0 Å². The summed E-state index contributed by atoms with van der Waals surface area (Å²) >= 11 is 0. The van der Waals surface area contributed by atoms with Crippen LogP contribution in [0.3, 0.4) is 0 Å². The van der Waals surface area contributed by atoms with Crippen molar-refractivity contribution in [2.45, 2.75) is 20.8 Å². The molecule has 0 spiro atoms. The molecule has 1 aromatic rings. The number of hydrogen-bond acceptors (Lipinski definition) is 3. The van der Waals surface area contributed by atoms with E-state index in [1.807, 2.05) is 32.9 Å². The third-order valence-electron chi connectivity index (χ3n) is 1.84. The fraction of sp³-hybridized carbons (Fsp3) is 0.400. The zero-order valence-corrected chi connectivity index (χ0v) is 8.46. The minimum absolute atomic E-state index is 0.854. The molecule has 0 saturated heterocycles. The molecule has 1 rings (SSSR count). The number of pyridine rings is 1. The molecule has 0 aliphatic rings. The summed E-state index contributed by atoms with van der Waals surface area (Å²) < 4.78 is 0. The summed E-state index contributed by atoms with van der Waals surface area (Å²) in [7, 11) is 1.54. The molecular weight excluding hydrogens is 164 g/mol. The molecule has 0 aromatic carbocycles. The van der Waals surface area contributed by atoms with Crippen molar-refractivity contribution in [3.63, 3.8) is 0 Å². The molecular formula is C10H14N2O. The van der Waals surface area contributed by atoms with E-state index in [0.717, 1.165) is 22.7 Å². The standard InChI is InChI=1S/C10H14N2O/c1-7-5-6-10(8(2)11-7)9(3)12-13-4/h5-6H,1-4H3/b12-9+. The van der Waals surface area contributed by atoms with E-state index in [-0.39, 0.29) is 0 Å². The monoisotopic (exact) mass is 178 g/mol. The lowest BCUT2D eigenvalue weighted by Gasteiger charge is -2.04. The van der Waals surface area contributed by atoms with Gasteiger partial charge in [-0.15, -0.1) is 0 Å². The summed E-state index contributed by atoms with van der Waals surface area (Å²) in [5.41, 5.74) is 3.89. The Kier molecular flexibility index (Phi) is 3.01. The van der Waals surface area contributed by atoms with Gasteiger partial charge in [0.1, 0.15) is 7.11 Å². The summed E-state index contributed by atoms with van der Waals surface area (Å²) in [6.07, 6.45) is 0. The Balaban J connectivity index is 3.09. The highest BCUT2D eigenvalue weighted by atomic mass is 16.6. The fourth-order valence-corrected chi connectivity index (χ4v) is 1.26. The molecule has 0 aliphatic carbocycles. The normalized spacial score (nSPS) is 11.5. The van der Waals surface area contributed by atoms with Gasteiger partial charge in [0, 0.05) is 17.0 Å². The highest BCUT2D eigenvalue weighted by Gasteiger charge is 2.03. The van der Waals surface area contributed by atoms with Crippen LogP contribution in [0.1, 0.15) is 23.9 Å². The maximum absolute atomic E-state index is 4.70. The van der Waals surface area contributed by atoms with Crippen LogP contribution in [-0.2, 0) is 4.84 Å². The van der Waals surface area contributed by atoms with Crippen LogP contribution < -0.4 is 0 Å². The Labute approximate surface area is 78.4 Å². The van der Waals surface area contributed by atoms with E-state index in [0.29, 0.717) is 0 Å². The Bertz CT molecular complexity index is 332. The molecule has 1 aromatic heterocycles. The Morgan fingerprint density at radius 1 is 1.38 bits per heavy atom. The van der Waals surface area contributed by atoms with Gasteiger partial charge in [0.05, 0.1) is 5.71 Å². The molecule has 70 valence electrons. The number of rotatable bonds is 2. The van der Waals surface area contributed by atoms with Gasteiger partial charge in [-0.25, -0.2) is 0 Å². The molecule has 1 heterocycles. The fourth-order valence-electron chi connectivity index (χ4n) is 1.26. The van der Waals surface area contributed by atoms with Crippen LogP contribution in [0.25, 0.3) is 0 Å². The molecule has 3 heteroatoms. The number of oxime groups is 1. The van der Waals surface area contributed by atoms with E-state index in [9.17, 15) is 0 Å². The SMILES string of the molecule is CO/N=C(\C)c1ccc(C)nc1C. The summed E-state index contributed by atoms with van der Waals surface area (Å²) in [4.78, 5) is 9.04. The van der Waals surface area contributed by atoms with E-state index >= 15 is 0 Å². The predicted octanol–water partition coefficient (Wildman–Crippen LogP) is 2.07. The molecule has 3 nitrogen and oxygen atoms in total. The Morgan fingerprint density at radius 3 is 2.62 bits per heavy atom. The van der Waals surface area contributed by atoms with E-state index in [4.69, 9.17) is 4.84 Å². The van der Waals surface area contributed by atoms with Crippen molar-refractivity contribution in [3.8, 4) is 0 Å². The molecule has 0 atom stereocenters. The maximum Gasteiger partial charge on any atom is 0.106 e. The van der Waals surface area contributed by atoms with Crippen LogP contribution in [-0.4, -0.2) is 17.8 Å². The third kappa shape index (κ3) is 2.28. The van der Waals surface area contributed by atoms with Crippen molar-refractivity contribution in [1.82, 2.24) is 4.98 Å². The van der Waals surface area contributed by atoms with Crippen LogP contribution in [0.5, 0.6) is 0 Å².